The Morgan fingerprint density at radius 3 is 2.58 bits per heavy atom. The third kappa shape index (κ3) is 5.33. The molecule has 0 bridgehead atoms. The van der Waals surface area contributed by atoms with Gasteiger partial charge < -0.3 is 5.32 Å². The van der Waals surface area contributed by atoms with Gasteiger partial charge in [-0.25, -0.2) is 22.8 Å². The van der Waals surface area contributed by atoms with E-state index in [0.717, 1.165) is 41.3 Å². The molecule has 3 aromatic carbocycles. The van der Waals surface area contributed by atoms with Crippen LogP contribution in [0.25, 0.3) is 22.0 Å². The molecule has 1 heterocycles. The van der Waals surface area contributed by atoms with E-state index in [4.69, 9.17) is 16.6 Å². The Hall–Kier alpha value is -3.23. The highest BCUT2D eigenvalue weighted by atomic mass is 35.5. The Bertz CT molecular complexity index is 1600. The predicted octanol–water partition coefficient (Wildman–Crippen LogP) is 7.51. The number of nitrogens with one attached hydrogen (secondary N) is 2. The van der Waals surface area contributed by atoms with E-state index in [0.29, 0.717) is 23.1 Å². The van der Waals surface area contributed by atoms with Gasteiger partial charge in [-0.05, 0) is 78.8 Å². The summed E-state index contributed by atoms with van der Waals surface area (Å²) in [7, 11) is -4.06. The maximum Gasteiger partial charge on any atom is 0.263 e. The third-order valence-corrected chi connectivity index (χ3v) is 9.01. The number of nitrogens with zero attached hydrogens (tertiary/aromatic N) is 2. The van der Waals surface area contributed by atoms with Gasteiger partial charge in [-0.15, -0.1) is 0 Å². The summed E-state index contributed by atoms with van der Waals surface area (Å²) in [6.07, 6.45) is 8.58. The number of rotatable bonds is 7. The van der Waals surface area contributed by atoms with Crippen LogP contribution in [0, 0.1) is 12.7 Å². The molecule has 198 valence electrons. The highest BCUT2D eigenvalue weighted by Crippen LogP contribution is 2.34. The monoisotopic (exact) mass is 552 g/mol. The fourth-order valence-electron chi connectivity index (χ4n) is 5.08. The average Bonchev–Trinajstić information content (AvgIpc) is 2.91. The zero-order chi connectivity index (χ0) is 26.9. The van der Waals surface area contributed by atoms with Crippen LogP contribution in [0.2, 0.25) is 5.02 Å². The normalized spacial score (nSPS) is 14.5. The van der Waals surface area contributed by atoms with Crippen LogP contribution in [0.15, 0.2) is 59.6 Å². The fraction of sp³-hybridized carbons (Fsp3) is 0.310. The number of anilines is 2. The van der Waals surface area contributed by atoms with Gasteiger partial charge in [0.25, 0.3) is 10.0 Å². The summed E-state index contributed by atoms with van der Waals surface area (Å²) < 4.78 is 43.5. The SMILES string of the molecule is CCc1cc(-c2ccc(NS(=O)(=O)c3ccccc3Cl)c(F)c2C)cc2cnc(NC3CCCCC3)nc12. The second kappa shape index (κ2) is 10.9. The van der Waals surface area contributed by atoms with E-state index in [1.165, 1.54) is 37.5 Å². The lowest BCUT2D eigenvalue weighted by Gasteiger charge is -2.23. The largest absolute Gasteiger partial charge is 0.351 e. The molecule has 5 rings (SSSR count). The van der Waals surface area contributed by atoms with Gasteiger partial charge in [0.2, 0.25) is 5.95 Å². The van der Waals surface area contributed by atoms with Crippen molar-refractivity contribution in [2.24, 2.45) is 0 Å². The molecule has 0 amide bonds. The minimum atomic E-state index is -4.06. The number of sulfonamides is 1. The number of aryl methyl sites for hydroxylation is 1. The van der Waals surface area contributed by atoms with Gasteiger partial charge >= 0.3 is 0 Å². The van der Waals surface area contributed by atoms with Gasteiger partial charge in [-0.1, -0.05) is 56.0 Å². The number of halogens is 2. The molecule has 1 saturated carbocycles. The molecular weight excluding hydrogens is 523 g/mol. The average molecular weight is 553 g/mol. The Morgan fingerprint density at radius 2 is 1.84 bits per heavy atom. The molecular formula is C29H30ClFN4O2S. The van der Waals surface area contributed by atoms with Crippen LogP contribution in [0.4, 0.5) is 16.0 Å². The second-order valence-electron chi connectivity index (χ2n) is 9.74. The van der Waals surface area contributed by atoms with E-state index >= 15 is 4.39 Å². The topological polar surface area (TPSA) is 84.0 Å². The van der Waals surface area contributed by atoms with Crippen molar-refractivity contribution >= 4 is 44.2 Å². The molecule has 0 spiro atoms. The van der Waals surface area contributed by atoms with Crippen LogP contribution >= 0.6 is 11.6 Å². The first-order valence-corrected chi connectivity index (χ1v) is 14.8. The summed E-state index contributed by atoms with van der Waals surface area (Å²) in [6, 6.07) is 13.6. The lowest BCUT2D eigenvalue weighted by Crippen LogP contribution is -2.23. The van der Waals surface area contributed by atoms with Crippen molar-refractivity contribution in [1.29, 1.82) is 0 Å². The Balaban J connectivity index is 1.47. The van der Waals surface area contributed by atoms with Gasteiger partial charge in [0.15, 0.2) is 5.82 Å². The lowest BCUT2D eigenvalue weighted by atomic mass is 9.95. The van der Waals surface area contributed by atoms with E-state index in [1.54, 1.807) is 25.1 Å². The maximum atomic E-state index is 15.5. The van der Waals surface area contributed by atoms with Gasteiger partial charge in [-0.3, -0.25) is 4.72 Å². The molecule has 38 heavy (non-hydrogen) atoms. The van der Waals surface area contributed by atoms with Crippen LogP contribution in [0.1, 0.15) is 50.2 Å². The van der Waals surface area contributed by atoms with Crippen LogP contribution in [-0.4, -0.2) is 24.4 Å². The van der Waals surface area contributed by atoms with Crippen molar-refractivity contribution in [3.05, 3.63) is 76.7 Å². The smallest absolute Gasteiger partial charge is 0.263 e. The first-order chi connectivity index (χ1) is 18.3. The van der Waals surface area contributed by atoms with E-state index < -0.39 is 15.8 Å². The molecule has 1 fully saturated rings. The number of fused-ring (bicyclic) bond motifs is 1. The predicted molar refractivity (Wildman–Crippen MR) is 152 cm³/mol. The van der Waals surface area contributed by atoms with Gasteiger partial charge in [0.1, 0.15) is 4.90 Å². The molecule has 0 radical (unpaired) electrons. The molecule has 1 aliphatic rings. The summed E-state index contributed by atoms with van der Waals surface area (Å²) >= 11 is 6.06. The van der Waals surface area contributed by atoms with Crippen LogP contribution in [0.5, 0.6) is 0 Å². The summed E-state index contributed by atoms with van der Waals surface area (Å²) in [6.45, 7) is 3.70. The van der Waals surface area contributed by atoms with Crippen molar-refractivity contribution in [2.45, 2.75) is 63.3 Å². The quantitative estimate of drug-likeness (QED) is 0.248. The van der Waals surface area contributed by atoms with E-state index in [-0.39, 0.29) is 15.6 Å². The molecule has 0 aliphatic heterocycles. The molecule has 1 aliphatic carbocycles. The molecule has 0 unspecified atom stereocenters. The van der Waals surface area contributed by atoms with Crippen LogP contribution in [0.3, 0.4) is 0 Å². The summed E-state index contributed by atoms with van der Waals surface area (Å²) in [4.78, 5) is 9.27. The first kappa shape index (κ1) is 26.4. The molecule has 1 aromatic heterocycles. The summed E-state index contributed by atoms with van der Waals surface area (Å²) in [5.41, 5.74) is 3.61. The first-order valence-electron chi connectivity index (χ1n) is 12.9. The van der Waals surface area contributed by atoms with Crippen LogP contribution < -0.4 is 10.0 Å². The molecule has 2 N–H and O–H groups in total. The van der Waals surface area contributed by atoms with E-state index in [2.05, 4.69) is 21.9 Å². The molecule has 4 aromatic rings. The van der Waals surface area contributed by atoms with Gasteiger partial charge in [0.05, 0.1) is 16.2 Å². The van der Waals surface area contributed by atoms with Crippen molar-refractivity contribution in [1.82, 2.24) is 9.97 Å². The third-order valence-electron chi connectivity index (χ3n) is 7.15. The Labute approximate surface area is 227 Å². The Morgan fingerprint density at radius 1 is 1.08 bits per heavy atom. The number of benzene rings is 3. The fourth-order valence-corrected chi connectivity index (χ4v) is 6.66. The number of aromatic nitrogens is 2. The molecule has 0 atom stereocenters. The highest BCUT2D eigenvalue weighted by Gasteiger charge is 2.21. The molecule has 0 saturated heterocycles. The van der Waals surface area contributed by atoms with Gasteiger partial charge in [-0.2, -0.15) is 0 Å². The lowest BCUT2D eigenvalue weighted by molar-refractivity contribution is 0.461. The zero-order valence-corrected chi connectivity index (χ0v) is 23.0. The highest BCUT2D eigenvalue weighted by molar-refractivity contribution is 7.92. The van der Waals surface area contributed by atoms with Crippen molar-refractivity contribution in [2.75, 3.05) is 10.0 Å². The molecule has 6 nitrogen and oxygen atoms in total. The summed E-state index contributed by atoms with van der Waals surface area (Å²) in [5.74, 6) is 0.00350. The maximum absolute atomic E-state index is 15.5. The number of hydrogen-bond acceptors (Lipinski definition) is 5. The van der Waals surface area contributed by atoms with Crippen LogP contribution in [-0.2, 0) is 16.4 Å². The number of hydrogen-bond donors (Lipinski definition) is 2. The standard InChI is InChI=1S/C29H30ClFN4O2S/c1-3-19-15-20(16-21-17-32-29(34-28(19)21)33-22-9-5-4-6-10-22)23-13-14-25(27(31)18(23)2)35-38(36,37)26-12-8-7-11-24(26)30/h7-8,11-17,22,35H,3-6,9-10H2,1-2H3,(H,32,33,34). The second-order valence-corrected chi connectivity index (χ2v) is 11.8. The summed E-state index contributed by atoms with van der Waals surface area (Å²) in [5, 5.41) is 4.43. The van der Waals surface area contributed by atoms with Crippen molar-refractivity contribution in [3.8, 4) is 11.1 Å². The minimum Gasteiger partial charge on any atom is -0.351 e. The minimum absolute atomic E-state index is 0.0660. The van der Waals surface area contributed by atoms with Crippen molar-refractivity contribution in [3.63, 3.8) is 0 Å². The van der Waals surface area contributed by atoms with E-state index in [1.807, 2.05) is 18.3 Å². The zero-order valence-electron chi connectivity index (χ0n) is 21.4. The van der Waals surface area contributed by atoms with Gasteiger partial charge in [0, 0.05) is 17.6 Å². The molecule has 9 heteroatoms. The van der Waals surface area contributed by atoms with E-state index in [9.17, 15) is 8.42 Å². The Kier molecular flexibility index (Phi) is 7.54. The van der Waals surface area contributed by atoms with Crippen molar-refractivity contribution < 1.29 is 12.8 Å².